The van der Waals surface area contributed by atoms with Crippen molar-refractivity contribution in [2.24, 2.45) is 5.92 Å². The number of β-amino-alcohol motifs (C(OH)–C–C–N with tert-alkyl or cyclic N) is 1. The number of amides is 1. The van der Waals surface area contributed by atoms with E-state index in [0.29, 0.717) is 19.5 Å². The standard InChI is InChI=1S/C23H35N3O2/c1-19-5-2-8-21(15-19)17-26-10-4-9-23(28,22(26)27)18-25-13-11-24(12-14-25)16-20-6-3-7-20/h2,5,8,15,20,28H,3-4,6-7,9-14,16-18H2,1H3/t23-/m1/s1. The maximum Gasteiger partial charge on any atom is 0.256 e. The number of rotatable bonds is 6. The minimum atomic E-state index is -1.22. The van der Waals surface area contributed by atoms with Crippen molar-refractivity contribution in [2.75, 3.05) is 45.8 Å². The summed E-state index contributed by atoms with van der Waals surface area (Å²) in [7, 11) is 0. The van der Waals surface area contributed by atoms with Gasteiger partial charge < -0.3 is 14.9 Å². The van der Waals surface area contributed by atoms with Crippen LogP contribution in [0.15, 0.2) is 24.3 Å². The zero-order chi connectivity index (χ0) is 19.6. The molecule has 2 aliphatic heterocycles. The van der Waals surface area contributed by atoms with Crippen LogP contribution in [0, 0.1) is 12.8 Å². The molecule has 2 heterocycles. The molecule has 1 saturated carbocycles. The van der Waals surface area contributed by atoms with Gasteiger partial charge >= 0.3 is 0 Å². The van der Waals surface area contributed by atoms with E-state index < -0.39 is 5.60 Å². The lowest BCUT2D eigenvalue weighted by atomic mass is 9.85. The van der Waals surface area contributed by atoms with Crippen molar-refractivity contribution in [3.8, 4) is 0 Å². The molecule has 0 spiro atoms. The quantitative estimate of drug-likeness (QED) is 0.816. The Hall–Kier alpha value is -1.43. The van der Waals surface area contributed by atoms with Gasteiger partial charge in [0.1, 0.15) is 0 Å². The van der Waals surface area contributed by atoms with E-state index in [4.69, 9.17) is 0 Å². The summed E-state index contributed by atoms with van der Waals surface area (Å²) in [5, 5.41) is 11.2. The van der Waals surface area contributed by atoms with Gasteiger partial charge in [-0.25, -0.2) is 0 Å². The van der Waals surface area contributed by atoms with Crippen LogP contribution in [0.2, 0.25) is 0 Å². The van der Waals surface area contributed by atoms with E-state index in [1.807, 2.05) is 11.0 Å². The molecule has 1 aliphatic carbocycles. The molecule has 1 atom stereocenters. The fourth-order valence-corrected chi connectivity index (χ4v) is 4.93. The molecule has 3 fully saturated rings. The van der Waals surface area contributed by atoms with Gasteiger partial charge in [0.2, 0.25) is 0 Å². The molecule has 0 bridgehead atoms. The highest BCUT2D eigenvalue weighted by Crippen LogP contribution is 2.28. The highest BCUT2D eigenvalue weighted by molar-refractivity contribution is 5.86. The fraction of sp³-hybridized carbons (Fsp3) is 0.696. The Morgan fingerprint density at radius 1 is 1.07 bits per heavy atom. The topological polar surface area (TPSA) is 47.0 Å². The minimum absolute atomic E-state index is 0.0860. The van der Waals surface area contributed by atoms with Gasteiger partial charge in [0, 0.05) is 52.4 Å². The monoisotopic (exact) mass is 385 g/mol. The smallest absolute Gasteiger partial charge is 0.256 e. The van der Waals surface area contributed by atoms with E-state index >= 15 is 0 Å². The average Bonchev–Trinajstić information content (AvgIpc) is 2.64. The molecule has 28 heavy (non-hydrogen) atoms. The van der Waals surface area contributed by atoms with E-state index in [-0.39, 0.29) is 5.91 Å². The van der Waals surface area contributed by atoms with Gasteiger partial charge in [0.25, 0.3) is 5.91 Å². The summed E-state index contributed by atoms with van der Waals surface area (Å²) in [5.41, 5.74) is 1.12. The third-order valence-electron chi connectivity index (χ3n) is 6.85. The Morgan fingerprint density at radius 3 is 2.50 bits per heavy atom. The van der Waals surface area contributed by atoms with E-state index in [2.05, 4.69) is 34.9 Å². The van der Waals surface area contributed by atoms with Crippen molar-refractivity contribution in [3.63, 3.8) is 0 Å². The first-order valence-electron chi connectivity index (χ1n) is 11.0. The van der Waals surface area contributed by atoms with Gasteiger partial charge in [-0.1, -0.05) is 36.2 Å². The normalized spacial score (nSPS) is 27.8. The number of carbonyl (C=O) groups excluding carboxylic acids is 1. The van der Waals surface area contributed by atoms with Crippen LogP contribution in [0.1, 0.15) is 43.2 Å². The van der Waals surface area contributed by atoms with Gasteiger partial charge in [-0.15, -0.1) is 0 Å². The van der Waals surface area contributed by atoms with Gasteiger partial charge in [-0.2, -0.15) is 0 Å². The van der Waals surface area contributed by atoms with Crippen LogP contribution < -0.4 is 0 Å². The number of likely N-dealkylation sites (tertiary alicyclic amines) is 1. The molecule has 1 N–H and O–H groups in total. The van der Waals surface area contributed by atoms with Crippen molar-refractivity contribution in [1.29, 1.82) is 0 Å². The molecule has 1 aromatic rings. The number of carbonyl (C=O) groups is 1. The Kier molecular flexibility index (Phi) is 6.04. The lowest BCUT2D eigenvalue weighted by Gasteiger charge is -2.43. The average molecular weight is 386 g/mol. The molecule has 2 saturated heterocycles. The lowest BCUT2D eigenvalue weighted by molar-refractivity contribution is -0.160. The Labute approximate surface area is 169 Å². The second kappa shape index (κ2) is 8.52. The van der Waals surface area contributed by atoms with Crippen molar-refractivity contribution < 1.29 is 9.90 Å². The molecular weight excluding hydrogens is 350 g/mol. The van der Waals surface area contributed by atoms with Gasteiger partial charge in [-0.3, -0.25) is 9.69 Å². The third kappa shape index (κ3) is 4.58. The number of aliphatic hydroxyl groups is 1. The molecule has 0 unspecified atom stereocenters. The number of benzene rings is 1. The number of nitrogens with zero attached hydrogens (tertiary/aromatic N) is 3. The second-order valence-corrected chi connectivity index (χ2v) is 9.22. The van der Waals surface area contributed by atoms with Crippen LogP contribution in [0.25, 0.3) is 0 Å². The fourth-order valence-electron chi connectivity index (χ4n) is 4.93. The van der Waals surface area contributed by atoms with Crippen molar-refractivity contribution >= 4 is 5.91 Å². The number of hydrogen-bond acceptors (Lipinski definition) is 4. The maximum atomic E-state index is 13.1. The van der Waals surface area contributed by atoms with Gasteiger partial charge in [-0.05, 0) is 44.1 Å². The highest BCUT2D eigenvalue weighted by Gasteiger charge is 2.43. The van der Waals surface area contributed by atoms with Crippen molar-refractivity contribution in [1.82, 2.24) is 14.7 Å². The van der Waals surface area contributed by atoms with Gasteiger partial charge in [0.05, 0.1) is 0 Å². The number of piperazine rings is 1. The molecule has 1 aromatic carbocycles. The van der Waals surface area contributed by atoms with E-state index in [1.54, 1.807) is 0 Å². The second-order valence-electron chi connectivity index (χ2n) is 9.22. The first-order chi connectivity index (χ1) is 13.5. The Morgan fingerprint density at radius 2 is 1.82 bits per heavy atom. The largest absolute Gasteiger partial charge is 0.379 e. The Bertz CT molecular complexity index is 682. The highest BCUT2D eigenvalue weighted by atomic mass is 16.3. The molecule has 1 amide bonds. The summed E-state index contributed by atoms with van der Waals surface area (Å²) in [6.07, 6.45) is 5.64. The van der Waals surface area contributed by atoms with Crippen LogP contribution in [0.4, 0.5) is 0 Å². The van der Waals surface area contributed by atoms with Crippen LogP contribution in [0.3, 0.4) is 0 Å². The molecule has 0 radical (unpaired) electrons. The van der Waals surface area contributed by atoms with Crippen molar-refractivity contribution in [3.05, 3.63) is 35.4 Å². The molecule has 3 aliphatic rings. The maximum absolute atomic E-state index is 13.1. The summed E-state index contributed by atoms with van der Waals surface area (Å²) < 4.78 is 0. The number of aryl methyl sites for hydroxylation is 1. The molecule has 5 heteroatoms. The van der Waals surface area contributed by atoms with Crippen LogP contribution in [0.5, 0.6) is 0 Å². The summed E-state index contributed by atoms with van der Waals surface area (Å²) in [4.78, 5) is 19.8. The van der Waals surface area contributed by atoms with Crippen LogP contribution in [-0.4, -0.2) is 77.1 Å². The zero-order valence-corrected chi connectivity index (χ0v) is 17.3. The van der Waals surface area contributed by atoms with Gasteiger partial charge in [0.15, 0.2) is 5.60 Å². The minimum Gasteiger partial charge on any atom is -0.379 e. The van der Waals surface area contributed by atoms with E-state index in [1.165, 1.54) is 31.4 Å². The SMILES string of the molecule is Cc1cccc(CN2CCC[C@@](O)(CN3CCN(CC4CCC4)CC3)C2=O)c1. The van der Waals surface area contributed by atoms with Crippen molar-refractivity contribution in [2.45, 2.75) is 51.2 Å². The first-order valence-corrected chi connectivity index (χ1v) is 11.0. The van der Waals surface area contributed by atoms with E-state index in [0.717, 1.165) is 50.6 Å². The van der Waals surface area contributed by atoms with Crippen LogP contribution >= 0.6 is 0 Å². The molecule has 4 rings (SSSR count). The molecule has 154 valence electrons. The predicted molar refractivity (Wildman–Crippen MR) is 111 cm³/mol. The summed E-state index contributed by atoms with van der Waals surface area (Å²) >= 11 is 0. The summed E-state index contributed by atoms with van der Waals surface area (Å²) in [6, 6.07) is 8.30. The van der Waals surface area contributed by atoms with Crippen LogP contribution in [-0.2, 0) is 11.3 Å². The third-order valence-corrected chi connectivity index (χ3v) is 6.85. The first kappa shape index (κ1) is 19.9. The predicted octanol–water partition coefficient (Wildman–Crippen LogP) is 2.27. The zero-order valence-electron chi connectivity index (χ0n) is 17.3. The van der Waals surface area contributed by atoms with E-state index in [9.17, 15) is 9.90 Å². The number of piperidine rings is 1. The molecular formula is C23H35N3O2. The molecule has 5 nitrogen and oxygen atoms in total. The number of hydrogen-bond donors (Lipinski definition) is 1. The lowest BCUT2D eigenvalue weighted by Crippen LogP contribution is -2.60. The Balaban J connectivity index is 1.31. The molecule has 0 aromatic heterocycles. The summed E-state index contributed by atoms with van der Waals surface area (Å²) in [6.45, 7) is 9.17. The summed E-state index contributed by atoms with van der Waals surface area (Å²) in [5.74, 6) is 0.822.